The fourth-order valence-corrected chi connectivity index (χ4v) is 2.27. The molecule has 2 atom stereocenters. The van der Waals surface area contributed by atoms with Gasteiger partial charge in [-0.1, -0.05) is 27.7 Å². The quantitative estimate of drug-likeness (QED) is 0.813. The molecule has 4 heteroatoms. The van der Waals surface area contributed by atoms with Gasteiger partial charge in [-0.05, 0) is 31.6 Å². The van der Waals surface area contributed by atoms with E-state index < -0.39 is 0 Å². The molecular weight excluding hydrogens is 228 g/mol. The summed E-state index contributed by atoms with van der Waals surface area (Å²) in [5.41, 5.74) is 0. The van der Waals surface area contributed by atoms with Crippen molar-refractivity contribution >= 4 is 11.8 Å². The van der Waals surface area contributed by atoms with Gasteiger partial charge >= 0.3 is 0 Å². The lowest BCUT2D eigenvalue weighted by atomic mass is 9.97. The van der Waals surface area contributed by atoms with Crippen LogP contribution in [0.15, 0.2) is 0 Å². The van der Waals surface area contributed by atoms with Crippen molar-refractivity contribution in [3.05, 3.63) is 0 Å². The minimum absolute atomic E-state index is 0.0298. The Morgan fingerprint density at radius 2 is 1.83 bits per heavy atom. The standard InChI is InChI=1S/C14H26N2O2/c1-9(2)7-6-8-16-11(5)13(17)15-12(10(3)4)14(16)18/h9-12H,6-8H2,1-5H3,(H,15,17). The average molecular weight is 254 g/mol. The van der Waals surface area contributed by atoms with Gasteiger partial charge in [-0.3, -0.25) is 9.59 Å². The summed E-state index contributed by atoms with van der Waals surface area (Å²) >= 11 is 0. The van der Waals surface area contributed by atoms with E-state index in [1.807, 2.05) is 13.8 Å². The molecule has 1 aliphatic rings. The molecule has 1 aliphatic heterocycles. The number of carbonyl (C=O) groups is 2. The number of nitrogens with zero attached hydrogens (tertiary/aromatic N) is 1. The highest BCUT2D eigenvalue weighted by Gasteiger charge is 2.38. The van der Waals surface area contributed by atoms with Crippen LogP contribution < -0.4 is 5.32 Å². The Balaban J connectivity index is 2.67. The highest BCUT2D eigenvalue weighted by atomic mass is 16.2. The van der Waals surface area contributed by atoms with Gasteiger partial charge in [0.05, 0.1) is 0 Å². The number of nitrogens with one attached hydrogen (secondary N) is 1. The van der Waals surface area contributed by atoms with Crippen LogP contribution in [0, 0.1) is 11.8 Å². The Morgan fingerprint density at radius 1 is 1.22 bits per heavy atom. The van der Waals surface area contributed by atoms with Crippen molar-refractivity contribution in [2.45, 2.75) is 59.5 Å². The summed E-state index contributed by atoms with van der Waals surface area (Å²) < 4.78 is 0. The topological polar surface area (TPSA) is 49.4 Å². The Hall–Kier alpha value is -1.06. The summed E-state index contributed by atoms with van der Waals surface area (Å²) in [4.78, 5) is 25.9. The largest absolute Gasteiger partial charge is 0.342 e. The second-order valence-electron chi connectivity index (χ2n) is 5.97. The van der Waals surface area contributed by atoms with Gasteiger partial charge in [-0.25, -0.2) is 0 Å². The zero-order chi connectivity index (χ0) is 13.9. The van der Waals surface area contributed by atoms with Gasteiger partial charge in [0.15, 0.2) is 0 Å². The minimum atomic E-state index is -0.354. The van der Waals surface area contributed by atoms with Gasteiger partial charge in [0.1, 0.15) is 12.1 Å². The number of rotatable bonds is 5. The smallest absolute Gasteiger partial charge is 0.246 e. The fraction of sp³-hybridized carbons (Fsp3) is 0.857. The third kappa shape index (κ3) is 3.47. The van der Waals surface area contributed by atoms with E-state index in [0.717, 1.165) is 12.8 Å². The molecule has 0 radical (unpaired) electrons. The number of amides is 2. The third-order valence-electron chi connectivity index (χ3n) is 3.54. The van der Waals surface area contributed by atoms with E-state index in [2.05, 4.69) is 19.2 Å². The maximum atomic E-state index is 12.3. The van der Waals surface area contributed by atoms with Crippen LogP contribution in [0.4, 0.5) is 0 Å². The average Bonchev–Trinajstić information content (AvgIpc) is 2.27. The van der Waals surface area contributed by atoms with Crippen LogP contribution >= 0.6 is 0 Å². The molecule has 0 spiro atoms. The first kappa shape index (κ1) is 15.0. The van der Waals surface area contributed by atoms with Crippen LogP contribution in [0.1, 0.15) is 47.5 Å². The van der Waals surface area contributed by atoms with Crippen molar-refractivity contribution in [3.8, 4) is 0 Å². The highest BCUT2D eigenvalue weighted by Crippen LogP contribution is 2.16. The lowest BCUT2D eigenvalue weighted by Crippen LogP contribution is -2.63. The molecule has 104 valence electrons. The molecule has 0 saturated carbocycles. The lowest BCUT2D eigenvalue weighted by Gasteiger charge is -2.39. The molecular formula is C14H26N2O2. The first-order valence-corrected chi connectivity index (χ1v) is 6.95. The predicted molar refractivity (Wildman–Crippen MR) is 72.0 cm³/mol. The zero-order valence-corrected chi connectivity index (χ0v) is 12.2. The van der Waals surface area contributed by atoms with Crippen molar-refractivity contribution < 1.29 is 9.59 Å². The van der Waals surface area contributed by atoms with E-state index in [1.54, 1.807) is 11.8 Å². The molecule has 1 fully saturated rings. The summed E-state index contributed by atoms with van der Waals surface area (Å²) in [5, 5.41) is 2.81. The summed E-state index contributed by atoms with van der Waals surface area (Å²) in [6.07, 6.45) is 2.05. The maximum absolute atomic E-state index is 12.3. The number of hydrogen-bond acceptors (Lipinski definition) is 2. The van der Waals surface area contributed by atoms with Crippen LogP contribution in [0.5, 0.6) is 0 Å². The summed E-state index contributed by atoms with van der Waals surface area (Å²) in [5.74, 6) is 0.815. The van der Waals surface area contributed by atoms with Crippen LogP contribution in [0.25, 0.3) is 0 Å². The second-order valence-corrected chi connectivity index (χ2v) is 5.97. The Morgan fingerprint density at radius 3 is 2.33 bits per heavy atom. The second kappa shape index (κ2) is 6.21. The number of piperazine rings is 1. The Kier molecular flexibility index (Phi) is 5.17. The molecule has 4 nitrogen and oxygen atoms in total. The summed E-state index contributed by atoms with van der Waals surface area (Å²) in [6.45, 7) is 10.8. The molecule has 18 heavy (non-hydrogen) atoms. The van der Waals surface area contributed by atoms with Crippen LogP contribution in [-0.4, -0.2) is 35.3 Å². The summed E-state index contributed by atoms with van der Waals surface area (Å²) in [7, 11) is 0. The first-order valence-electron chi connectivity index (χ1n) is 6.95. The first-order chi connectivity index (χ1) is 8.34. The van der Waals surface area contributed by atoms with Gasteiger partial charge in [0.25, 0.3) is 0 Å². The van der Waals surface area contributed by atoms with E-state index in [-0.39, 0.29) is 29.8 Å². The highest BCUT2D eigenvalue weighted by molar-refractivity contribution is 5.96. The van der Waals surface area contributed by atoms with Crippen molar-refractivity contribution in [2.75, 3.05) is 6.54 Å². The van der Waals surface area contributed by atoms with Crippen molar-refractivity contribution in [2.24, 2.45) is 11.8 Å². The molecule has 1 rings (SSSR count). The fourth-order valence-electron chi connectivity index (χ4n) is 2.27. The molecule has 1 saturated heterocycles. The van der Waals surface area contributed by atoms with Crippen LogP contribution in [-0.2, 0) is 9.59 Å². The third-order valence-corrected chi connectivity index (χ3v) is 3.54. The van der Waals surface area contributed by atoms with Crippen molar-refractivity contribution in [1.29, 1.82) is 0 Å². The van der Waals surface area contributed by atoms with Gasteiger partial charge in [-0.15, -0.1) is 0 Å². The molecule has 0 aromatic carbocycles. The van der Waals surface area contributed by atoms with Crippen molar-refractivity contribution in [3.63, 3.8) is 0 Å². The normalized spacial score (nSPS) is 24.9. The van der Waals surface area contributed by atoms with Gasteiger partial charge in [-0.2, -0.15) is 0 Å². The minimum Gasteiger partial charge on any atom is -0.342 e. The molecule has 0 aliphatic carbocycles. The molecule has 0 bridgehead atoms. The monoisotopic (exact) mass is 254 g/mol. The van der Waals surface area contributed by atoms with E-state index >= 15 is 0 Å². The number of hydrogen-bond donors (Lipinski definition) is 1. The molecule has 0 aromatic heterocycles. The van der Waals surface area contributed by atoms with Gasteiger partial charge < -0.3 is 10.2 Å². The molecule has 1 N–H and O–H groups in total. The molecule has 0 aromatic rings. The number of carbonyl (C=O) groups excluding carboxylic acids is 2. The van der Waals surface area contributed by atoms with Gasteiger partial charge in [0.2, 0.25) is 11.8 Å². The zero-order valence-electron chi connectivity index (χ0n) is 12.2. The van der Waals surface area contributed by atoms with Crippen LogP contribution in [0.2, 0.25) is 0 Å². The van der Waals surface area contributed by atoms with Crippen molar-refractivity contribution in [1.82, 2.24) is 10.2 Å². The van der Waals surface area contributed by atoms with E-state index in [4.69, 9.17) is 0 Å². The maximum Gasteiger partial charge on any atom is 0.246 e. The Labute approximate surface area is 110 Å². The molecule has 1 heterocycles. The molecule has 2 unspecified atom stereocenters. The van der Waals surface area contributed by atoms with Crippen LogP contribution in [0.3, 0.4) is 0 Å². The predicted octanol–water partition coefficient (Wildman–Crippen LogP) is 1.79. The van der Waals surface area contributed by atoms with Gasteiger partial charge in [0, 0.05) is 6.54 Å². The SMILES string of the molecule is CC(C)CCCN1C(=O)C(C(C)C)NC(=O)C1C. The van der Waals surface area contributed by atoms with E-state index in [1.165, 1.54) is 0 Å². The van der Waals surface area contributed by atoms with E-state index in [9.17, 15) is 9.59 Å². The Bertz CT molecular complexity index is 313. The molecule has 2 amide bonds. The summed E-state index contributed by atoms with van der Waals surface area (Å²) in [6, 6.07) is -0.688. The lowest BCUT2D eigenvalue weighted by molar-refractivity contribution is -0.150. The van der Waals surface area contributed by atoms with E-state index in [0.29, 0.717) is 12.5 Å².